The second-order valence-corrected chi connectivity index (χ2v) is 2.91. The minimum atomic E-state index is -1.53. The van der Waals surface area contributed by atoms with E-state index in [1.165, 1.54) is 13.1 Å². The molecule has 6 heteroatoms. The standard InChI is InChI=1S/C8H11BN2O3/c1-6(12)11-4-7-2-8(9(13)14)5-10-3-7/h2-3,5,13-14H,4H2,1H3,(H,11,12). The van der Waals surface area contributed by atoms with Gasteiger partial charge in [-0.1, -0.05) is 6.07 Å². The molecule has 0 unspecified atom stereocenters. The van der Waals surface area contributed by atoms with Crippen LogP contribution in [-0.2, 0) is 11.3 Å². The van der Waals surface area contributed by atoms with Crippen molar-refractivity contribution >= 4 is 18.5 Å². The summed E-state index contributed by atoms with van der Waals surface area (Å²) < 4.78 is 0. The van der Waals surface area contributed by atoms with Crippen molar-refractivity contribution in [3.63, 3.8) is 0 Å². The van der Waals surface area contributed by atoms with Gasteiger partial charge in [-0.05, 0) is 5.56 Å². The lowest BCUT2D eigenvalue weighted by Crippen LogP contribution is -2.31. The molecule has 0 saturated heterocycles. The molecule has 1 amide bonds. The van der Waals surface area contributed by atoms with Crippen LogP contribution in [0.3, 0.4) is 0 Å². The van der Waals surface area contributed by atoms with E-state index in [9.17, 15) is 4.79 Å². The first-order valence-electron chi connectivity index (χ1n) is 4.14. The summed E-state index contributed by atoms with van der Waals surface area (Å²) in [6.07, 6.45) is 2.92. The Bertz CT molecular complexity index is 330. The lowest BCUT2D eigenvalue weighted by molar-refractivity contribution is -0.119. The lowest BCUT2D eigenvalue weighted by atomic mass is 9.81. The summed E-state index contributed by atoms with van der Waals surface area (Å²) in [5, 5.41) is 20.3. The molecule has 14 heavy (non-hydrogen) atoms. The van der Waals surface area contributed by atoms with Gasteiger partial charge in [0, 0.05) is 31.3 Å². The molecule has 3 N–H and O–H groups in total. The van der Waals surface area contributed by atoms with Crippen LogP contribution < -0.4 is 10.8 Å². The number of nitrogens with one attached hydrogen (secondary N) is 1. The van der Waals surface area contributed by atoms with Crippen molar-refractivity contribution in [2.75, 3.05) is 0 Å². The summed E-state index contributed by atoms with van der Waals surface area (Å²) in [6.45, 7) is 1.75. The summed E-state index contributed by atoms with van der Waals surface area (Å²) in [5.74, 6) is -0.139. The van der Waals surface area contributed by atoms with Crippen LogP contribution in [0, 0.1) is 0 Å². The number of carbonyl (C=O) groups excluding carboxylic acids is 1. The monoisotopic (exact) mass is 194 g/mol. The fourth-order valence-electron chi connectivity index (χ4n) is 0.972. The van der Waals surface area contributed by atoms with Crippen LogP contribution in [0.4, 0.5) is 0 Å². The number of rotatable bonds is 3. The Labute approximate surface area is 81.9 Å². The molecule has 0 bridgehead atoms. The van der Waals surface area contributed by atoms with Crippen molar-refractivity contribution < 1.29 is 14.8 Å². The molecule has 0 aromatic carbocycles. The van der Waals surface area contributed by atoms with Crippen molar-refractivity contribution in [3.8, 4) is 0 Å². The van der Waals surface area contributed by atoms with Gasteiger partial charge in [0.05, 0.1) is 0 Å². The smallest absolute Gasteiger partial charge is 0.423 e. The minimum absolute atomic E-state index is 0.139. The Balaban J connectivity index is 2.68. The predicted molar refractivity (Wildman–Crippen MR) is 51.6 cm³/mol. The van der Waals surface area contributed by atoms with Crippen LogP contribution in [-0.4, -0.2) is 28.1 Å². The predicted octanol–water partition coefficient (Wildman–Crippen LogP) is -1.60. The van der Waals surface area contributed by atoms with Crippen molar-refractivity contribution in [2.45, 2.75) is 13.5 Å². The van der Waals surface area contributed by atoms with Gasteiger partial charge >= 0.3 is 7.12 Å². The number of hydrogen-bond acceptors (Lipinski definition) is 4. The van der Waals surface area contributed by atoms with E-state index in [1.807, 2.05) is 0 Å². The molecule has 1 heterocycles. The Hall–Kier alpha value is -1.40. The van der Waals surface area contributed by atoms with Crippen LogP contribution in [0.2, 0.25) is 0 Å². The summed E-state index contributed by atoms with van der Waals surface area (Å²) in [5.41, 5.74) is 1.04. The van der Waals surface area contributed by atoms with Crippen LogP contribution in [0.5, 0.6) is 0 Å². The summed E-state index contributed by atoms with van der Waals surface area (Å²) >= 11 is 0. The molecular formula is C8H11BN2O3. The largest absolute Gasteiger partial charge is 0.490 e. The molecule has 5 nitrogen and oxygen atoms in total. The SMILES string of the molecule is CC(=O)NCc1cncc(B(O)O)c1. The van der Waals surface area contributed by atoms with E-state index in [2.05, 4.69) is 10.3 Å². The van der Waals surface area contributed by atoms with E-state index in [-0.39, 0.29) is 5.91 Å². The van der Waals surface area contributed by atoms with Gasteiger partial charge in [-0.25, -0.2) is 0 Å². The highest BCUT2D eigenvalue weighted by atomic mass is 16.4. The molecule has 1 aromatic rings. The van der Waals surface area contributed by atoms with Gasteiger partial charge in [-0.3, -0.25) is 9.78 Å². The van der Waals surface area contributed by atoms with Gasteiger partial charge < -0.3 is 15.4 Å². The van der Waals surface area contributed by atoms with Crippen molar-refractivity contribution in [2.24, 2.45) is 0 Å². The van der Waals surface area contributed by atoms with Gasteiger partial charge in [0.1, 0.15) is 0 Å². The van der Waals surface area contributed by atoms with Crippen molar-refractivity contribution in [1.82, 2.24) is 10.3 Å². The van der Waals surface area contributed by atoms with Crippen molar-refractivity contribution in [1.29, 1.82) is 0 Å². The second kappa shape index (κ2) is 4.73. The molecule has 1 aromatic heterocycles. The first kappa shape index (κ1) is 10.7. The van der Waals surface area contributed by atoms with Gasteiger partial charge in [-0.15, -0.1) is 0 Å². The lowest BCUT2D eigenvalue weighted by Gasteiger charge is -2.04. The Morgan fingerprint density at radius 3 is 2.86 bits per heavy atom. The number of nitrogens with zero attached hydrogens (tertiary/aromatic N) is 1. The highest BCUT2D eigenvalue weighted by Gasteiger charge is 2.11. The van der Waals surface area contributed by atoms with E-state index >= 15 is 0 Å². The topological polar surface area (TPSA) is 82.5 Å². The Morgan fingerprint density at radius 2 is 2.29 bits per heavy atom. The van der Waals surface area contributed by atoms with E-state index < -0.39 is 7.12 Å². The zero-order valence-electron chi connectivity index (χ0n) is 7.77. The number of hydrogen-bond donors (Lipinski definition) is 3. The van der Waals surface area contributed by atoms with Crippen LogP contribution >= 0.6 is 0 Å². The third-order valence-electron chi connectivity index (χ3n) is 1.66. The molecule has 1 rings (SSSR count). The average Bonchev–Trinajstić information content (AvgIpc) is 2.15. The molecule has 0 spiro atoms. The molecule has 0 aliphatic heterocycles. The van der Waals surface area contributed by atoms with Gasteiger partial charge in [0.2, 0.25) is 5.91 Å². The zero-order chi connectivity index (χ0) is 10.6. The van der Waals surface area contributed by atoms with Crippen LogP contribution in [0.1, 0.15) is 12.5 Å². The highest BCUT2D eigenvalue weighted by molar-refractivity contribution is 6.58. The van der Waals surface area contributed by atoms with Gasteiger partial charge in [0.15, 0.2) is 0 Å². The van der Waals surface area contributed by atoms with E-state index in [0.717, 1.165) is 5.56 Å². The number of carbonyl (C=O) groups is 1. The molecule has 0 aliphatic carbocycles. The molecule has 74 valence electrons. The van der Waals surface area contributed by atoms with Crippen molar-refractivity contribution in [3.05, 3.63) is 24.0 Å². The van der Waals surface area contributed by atoms with Gasteiger partial charge in [-0.2, -0.15) is 0 Å². The second-order valence-electron chi connectivity index (χ2n) is 2.91. The maximum atomic E-state index is 10.6. The maximum Gasteiger partial charge on any atom is 0.490 e. The number of pyridine rings is 1. The fraction of sp³-hybridized carbons (Fsp3) is 0.250. The molecule has 0 aliphatic rings. The Morgan fingerprint density at radius 1 is 1.57 bits per heavy atom. The summed E-state index contributed by atoms with van der Waals surface area (Å²) in [4.78, 5) is 14.4. The van der Waals surface area contributed by atoms with E-state index in [4.69, 9.17) is 10.0 Å². The highest BCUT2D eigenvalue weighted by Crippen LogP contribution is 1.93. The third kappa shape index (κ3) is 3.16. The normalized spacial score (nSPS) is 9.64. The molecule has 0 fully saturated rings. The molecule has 0 saturated carbocycles. The molecular weight excluding hydrogens is 183 g/mol. The maximum absolute atomic E-state index is 10.6. The van der Waals surface area contributed by atoms with Crippen LogP contribution in [0.25, 0.3) is 0 Å². The summed E-state index contributed by atoms with van der Waals surface area (Å²) in [6, 6.07) is 1.58. The first-order chi connectivity index (χ1) is 6.59. The first-order valence-corrected chi connectivity index (χ1v) is 4.14. The van der Waals surface area contributed by atoms with E-state index in [0.29, 0.717) is 12.0 Å². The number of aromatic nitrogens is 1. The Kier molecular flexibility index (Phi) is 3.61. The minimum Gasteiger partial charge on any atom is -0.423 e. The molecule has 0 atom stereocenters. The summed E-state index contributed by atoms with van der Waals surface area (Å²) in [7, 11) is -1.53. The number of amides is 1. The third-order valence-corrected chi connectivity index (χ3v) is 1.66. The zero-order valence-corrected chi connectivity index (χ0v) is 7.77. The fourth-order valence-corrected chi connectivity index (χ4v) is 0.972. The quantitative estimate of drug-likeness (QED) is 0.506. The van der Waals surface area contributed by atoms with E-state index in [1.54, 1.807) is 12.3 Å². The molecule has 0 radical (unpaired) electrons. The van der Waals surface area contributed by atoms with Crippen LogP contribution in [0.15, 0.2) is 18.5 Å². The average molecular weight is 194 g/mol. The van der Waals surface area contributed by atoms with Gasteiger partial charge in [0.25, 0.3) is 0 Å².